The number of fused-ring (bicyclic) bond motifs is 1. The van der Waals surface area contributed by atoms with Gasteiger partial charge in [0.1, 0.15) is 11.3 Å². The Morgan fingerprint density at radius 2 is 1.95 bits per heavy atom. The highest BCUT2D eigenvalue weighted by atomic mass is 16.3. The van der Waals surface area contributed by atoms with Crippen LogP contribution in [-0.4, -0.2) is 30.2 Å². The predicted molar refractivity (Wildman–Crippen MR) is 79.7 cm³/mol. The van der Waals surface area contributed by atoms with Crippen LogP contribution in [0, 0.1) is 6.92 Å². The summed E-state index contributed by atoms with van der Waals surface area (Å²) in [5.41, 5.74) is 2.15. The lowest BCUT2D eigenvalue weighted by atomic mass is 10.1. The molecule has 0 amide bonds. The summed E-state index contributed by atoms with van der Waals surface area (Å²) in [7, 11) is 0. The van der Waals surface area contributed by atoms with Crippen LogP contribution >= 0.6 is 0 Å². The molecule has 2 aromatic rings. The van der Waals surface area contributed by atoms with Crippen molar-refractivity contribution in [1.29, 1.82) is 0 Å². The number of aromatic nitrogens is 4. The van der Waals surface area contributed by atoms with E-state index in [-0.39, 0.29) is 0 Å². The van der Waals surface area contributed by atoms with Crippen LogP contribution < -0.4 is 0 Å². The molecule has 5 heteroatoms. The molecule has 0 bridgehead atoms. The molecule has 0 radical (unpaired) electrons. The minimum atomic E-state index is -0.537. The van der Waals surface area contributed by atoms with Crippen LogP contribution in [0.15, 0.2) is 6.33 Å². The van der Waals surface area contributed by atoms with Crippen LogP contribution in [0.4, 0.5) is 0 Å². The zero-order valence-corrected chi connectivity index (χ0v) is 13.0. The van der Waals surface area contributed by atoms with Gasteiger partial charge in [-0.15, -0.1) is 0 Å². The Morgan fingerprint density at radius 3 is 2.50 bits per heavy atom. The topological polar surface area (TPSA) is 63.8 Å². The van der Waals surface area contributed by atoms with E-state index in [0.717, 1.165) is 35.5 Å². The average Bonchev–Trinajstić information content (AvgIpc) is 3.02. The SMILES string of the molecule is CC.Cc1nc(C(C)C)c2ncn(CC3(O)CC3)c2n1. The minimum absolute atomic E-state index is 0.321. The molecule has 1 aliphatic rings. The molecule has 1 fully saturated rings. The lowest BCUT2D eigenvalue weighted by molar-refractivity contribution is 0.130. The molecule has 2 heterocycles. The maximum Gasteiger partial charge on any atom is 0.163 e. The summed E-state index contributed by atoms with van der Waals surface area (Å²) in [6.45, 7) is 10.7. The van der Waals surface area contributed by atoms with Gasteiger partial charge in [0.25, 0.3) is 0 Å². The van der Waals surface area contributed by atoms with E-state index in [1.165, 1.54) is 0 Å². The van der Waals surface area contributed by atoms with Gasteiger partial charge in [0.05, 0.1) is 24.2 Å². The number of hydrogen-bond donors (Lipinski definition) is 1. The van der Waals surface area contributed by atoms with Crippen LogP contribution in [0.3, 0.4) is 0 Å². The van der Waals surface area contributed by atoms with Crippen molar-refractivity contribution in [1.82, 2.24) is 19.5 Å². The van der Waals surface area contributed by atoms with Crippen LogP contribution in [0.25, 0.3) is 11.2 Å². The summed E-state index contributed by atoms with van der Waals surface area (Å²) < 4.78 is 1.95. The van der Waals surface area contributed by atoms with Crippen molar-refractivity contribution in [3.05, 3.63) is 17.8 Å². The Labute approximate surface area is 120 Å². The Morgan fingerprint density at radius 1 is 1.30 bits per heavy atom. The van der Waals surface area contributed by atoms with Crippen LogP contribution in [-0.2, 0) is 6.54 Å². The first-order chi connectivity index (χ1) is 9.48. The fourth-order valence-corrected chi connectivity index (χ4v) is 2.22. The van der Waals surface area contributed by atoms with Gasteiger partial charge in [-0.1, -0.05) is 27.7 Å². The van der Waals surface area contributed by atoms with Crippen molar-refractivity contribution in [2.75, 3.05) is 0 Å². The monoisotopic (exact) mass is 276 g/mol. The lowest BCUT2D eigenvalue weighted by Crippen LogP contribution is -2.16. The zero-order chi connectivity index (χ0) is 14.9. The predicted octanol–water partition coefficient (Wildman–Crippen LogP) is 2.81. The molecule has 0 spiro atoms. The Bertz CT molecular complexity index is 599. The number of aryl methyl sites for hydroxylation is 1. The molecule has 2 aromatic heterocycles. The molecule has 0 saturated heterocycles. The summed E-state index contributed by atoms with van der Waals surface area (Å²) >= 11 is 0. The molecular weight excluding hydrogens is 252 g/mol. The van der Waals surface area contributed by atoms with Gasteiger partial charge in [0, 0.05) is 0 Å². The highest BCUT2D eigenvalue weighted by Crippen LogP contribution is 2.37. The van der Waals surface area contributed by atoms with E-state index in [1.807, 2.05) is 25.3 Å². The Balaban J connectivity index is 0.000000704. The van der Waals surface area contributed by atoms with E-state index in [1.54, 1.807) is 6.33 Å². The lowest BCUT2D eigenvalue weighted by Gasteiger charge is -2.10. The van der Waals surface area contributed by atoms with Gasteiger partial charge < -0.3 is 9.67 Å². The molecule has 20 heavy (non-hydrogen) atoms. The largest absolute Gasteiger partial charge is 0.388 e. The van der Waals surface area contributed by atoms with Crippen molar-refractivity contribution in [3.63, 3.8) is 0 Å². The molecule has 0 aromatic carbocycles. The third-order valence-electron chi connectivity index (χ3n) is 3.44. The molecule has 1 aliphatic carbocycles. The number of rotatable bonds is 3. The Kier molecular flexibility index (Phi) is 4.09. The molecule has 0 aliphatic heterocycles. The summed E-state index contributed by atoms with van der Waals surface area (Å²) in [6.07, 6.45) is 3.50. The van der Waals surface area contributed by atoms with E-state index in [2.05, 4.69) is 28.8 Å². The third kappa shape index (κ3) is 2.82. The zero-order valence-electron chi connectivity index (χ0n) is 13.0. The van der Waals surface area contributed by atoms with E-state index in [4.69, 9.17) is 0 Å². The average molecular weight is 276 g/mol. The maximum absolute atomic E-state index is 10.0. The minimum Gasteiger partial charge on any atom is -0.388 e. The Hall–Kier alpha value is -1.49. The van der Waals surface area contributed by atoms with Crippen LogP contribution in [0.1, 0.15) is 58.0 Å². The van der Waals surface area contributed by atoms with Gasteiger partial charge in [-0.05, 0) is 25.7 Å². The third-order valence-corrected chi connectivity index (χ3v) is 3.44. The molecule has 110 valence electrons. The van der Waals surface area contributed by atoms with Gasteiger partial charge in [-0.3, -0.25) is 0 Å². The number of imidazole rings is 1. The molecule has 1 N–H and O–H groups in total. The first-order valence-corrected chi connectivity index (χ1v) is 7.40. The standard InChI is InChI=1S/C13H18N4O.C2H6/c1-8(2)10-11-12(16-9(3)15-10)17(7-14-11)6-13(18)4-5-13;1-2/h7-8,18H,4-6H2,1-3H3;1-2H3. The second kappa shape index (κ2) is 5.48. The van der Waals surface area contributed by atoms with Gasteiger partial charge in [0.2, 0.25) is 0 Å². The second-order valence-electron chi connectivity index (χ2n) is 5.58. The van der Waals surface area contributed by atoms with Crippen LogP contribution in [0.2, 0.25) is 0 Å². The highest BCUT2D eigenvalue weighted by Gasteiger charge is 2.41. The van der Waals surface area contributed by atoms with Crippen molar-refractivity contribution in [3.8, 4) is 0 Å². The van der Waals surface area contributed by atoms with Gasteiger partial charge in [0.15, 0.2) is 5.65 Å². The van der Waals surface area contributed by atoms with Crippen molar-refractivity contribution >= 4 is 11.2 Å². The number of nitrogens with zero attached hydrogens (tertiary/aromatic N) is 4. The highest BCUT2D eigenvalue weighted by molar-refractivity contribution is 5.74. The summed E-state index contributed by atoms with van der Waals surface area (Å²) in [5, 5.41) is 10.0. The van der Waals surface area contributed by atoms with E-state index < -0.39 is 5.60 Å². The van der Waals surface area contributed by atoms with Crippen molar-refractivity contribution in [2.45, 2.75) is 65.5 Å². The molecule has 0 atom stereocenters. The van der Waals surface area contributed by atoms with Crippen molar-refractivity contribution < 1.29 is 5.11 Å². The van der Waals surface area contributed by atoms with Crippen molar-refractivity contribution in [2.24, 2.45) is 0 Å². The maximum atomic E-state index is 10.0. The number of aliphatic hydroxyl groups is 1. The normalized spacial score (nSPS) is 16.1. The molecule has 3 rings (SSSR count). The molecular formula is C15H24N4O. The first-order valence-electron chi connectivity index (χ1n) is 7.40. The smallest absolute Gasteiger partial charge is 0.163 e. The van der Waals surface area contributed by atoms with Gasteiger partial charge in [-0.25, -0.2) is 15.0 Å². The molecule has 1 saturated carbocycles. The fraction of sp³-hybridized carbons (Fsp3) is 0.667. The second-order valence-corrected chi connectivity index (χ2v) is 5.58. The summed E-state index contributed by atoms with van der Waals surface area (Å²) in [4.78, 5) is 13.4. The van der Waals surface area contributed by atoms with E-state index in [9.17, 15) is 5.11 Å². The molecule has 5 nitrogen and oxygen atoms in total. The van der Waals surface area contributed by atoms with Gasteiger partial charge >= 0.3 is 0 Å². The number of hydrogen-bond acceptors (Lipinski definition) is 4. The quantitative estimate of drug-likeness (QED) is 0.936. The summed E-state index contributed by atoms with van der Waals surface area (Å²) in [5.74, 6) is 1.08. The molecule has 0 unspecified atom stereocenters. The first kappa shape index (κ1) is 14.9. The summed E-state index contributed by atoms with van der Waals surface area (Å²) in [6, 6.07) is 0. The fourth-order valence-electron chi connectivity index (χ4n) is 2.22. The van der Waals surface area contributed by atoms with Gasteiger partial charge in [-0.2, -0.15) is 0 Å². The van der Waals surface area contributed by atoms with Crippen LogP contribution in [0.5, 0.6) is 0 Å². The van der Waals surface area contributed by atoms with E-state index >= 15 is 0 Å². The van der Waals surface area contributed by atoms with E-state index in [0.29, 0.717) is 12.5 Å².